The number of nitrogens with zero attached hydrogens (tertiary/aromatic N) is 2. The zero-order valence-electron chi connectivity index (χ0n) is 9.69. The quantitative estimate of drug-likeness (QED) is 0.607. The first-order chi connectivity index (χ1) is 8.34. The second-order valence-corrected chi connectivity index (χ2v) is 5.50. The molecule has 0 saturated carbocycles. The summed E-state index contributed by atoms with van der Waals surface area (Å²) in [6.07, 6.45) is 7.48. The summed E-state index contributed by atoms with van der Waals surface area (Å²) in [6, 6.07) is 6.52. The summed E-state index contributed by atoms with van der Waals surface area (Å²) in [7, 11) is 0. The van der Waals surface area contributed by atoms with Crippen LogP contribution in [0.15, 0.2) is 35.1 Å². The van der Waals surface area contributed by atoms with Gasteiger partial charge in [0.1, 0.15) is 0 Å². The highest BCUT2D eigenvalue weighted by Crippen LogP contribution is 2.34. The third-order valence-corrected chi connectivity index (χ3v) is 4.12. The minimum Gasteiger partial charge on any atom is -0.313 e. The largest absolute Gasteiger partial charge is 0.313 e. The zero-order valence-corrected chi connectivity index (χ0v) is 12.1. The van der Waals surface area contributed by atoms with Crippen molar-refractivity contribution in [2.45, 2.75) is 19.3 Å². The lowest BCUT2D eigenvalue weighted by Gasteiger charge is -2.11. The molecule has 92 valence electrons. The normalized spacial score (nSPS) is 13.8. The molecule has 18 heavy (non-hydrogen) atoms. The molecule has 0 fully saturated rings. The molecule has 2 aromatic heterocycles. The van der Waals surface area contributed by atoms with Crippen molar-refractivity contribution in [2.24, 2.45) is 0 Å². The summed E-state index contributed by atoms with van der Waals surface area (Å²) in [6.45, 7) is 0. The van der Waals surface area contributed by atoms with E-state index in [9.17, 15) is 0 Å². The molecule has 0 aliphatic heterocycles. The molecular weight excluding hydrogens is 312 g/mol. The van der Waals surface area contributed by atoms with Crippen LogP contribution in [0.4, 0.5) is 0 Å². The van der Waals surface area contributed by atoms with Crippen molar-refractivity contribution < 1.29 is 0 Å². The smallest absolute Gasteiger partial charge is 0.0710 e. The number of halogens is 2. The van der Waals surface area contributed by atoms with Gasteiger partial charge in [0.05, 0.1) is 16.7 Å². The highest BCUT2D eigenvalue weighted by molar-refractivity contribution is 9.10. The maximum absolute atomic E-state index is 4.52. The van der Waals surface area contributed by atoms with Crippen LogP contribution >= 0.6 is 28.3 Å². The van der Waals surface area contributed by atoms with Crippen LogP contribution < -0.4 is 0 Å². The molecule has 1 aliphatic carbocycles. The maximum atomic E-state index is 4.52. The van der Waals surface area contributed by atoms with Crippen LogP contribution in [0.25, 0.3) is 16.4 Å². The Morgan fingerprint density at radius 1 is 1.22 bits per heavy atom. The van der Waals surface area contributed by atoms with Gasteiger partial charge in [-0.15, -0.1) is 12.4 Å². The molecule has 4 heteroatoms. The number of aryl methyl sites for hydroxylation is 2. The van der Waals surface area contributed by atoms with Gasteiger partial charge in [-0.3, -0.25) is 4.98 Å². The Balaban J connectivity index is 0.000001000. The summed E-state index contributed by atoms with van der Waals surface area (Å²) in [5.41, 5.74) is 5.35. The average Bonchev–Trinajstić information content (AvgIpc) is 2.67. The molecule has 0 amide bonds. The predicted octanol–water partition coefficient (Wildman–Crippen LogP) is 4.16. The van der Waals surface area contributed by atoms with Gasteiger partial charge in [-0.05, 0) is 43.0 Å². The van der Waals surface area contributed by atoms with Gasteiger partial charge in [0, 0.05) is 22.3 Å². The van der Waals surface area contributed by atoms with Crippen molar-refractivity contribution in [1.29, 1.82) is 0 Å². The zero-order chi connectivity index (χ0) is 11.4. The van der Waals surface area contributed by atoms with Gasteiger partial charge in [-0.25, -0.2) is 0 Å². The first kappa shape index (κ1) is 12.0. The molecule has 0 unspecified atom stereocenters. The second-order valence-electron chi connectivity index (χ2n) is 4.59. The van der Waals surface area contributed by atoms with E-state index in [0.29, 0.717) is 0 Å². The molecule has 2 heterocycles. The molecule has 0 saturated heterocycles. The molecular formula is C14H12BrClN2. The standard InChI is InChI=1S/C14H11BrN2.ClH/c15-9-4-5-13-11(8-9)10-2-1-3-12-14(10)17(13)7-6-16-12;/h4-8H,1-3H2;1H. The summed E-state index contributed by atoms with van der Waals surface area (Å²) in [4.78, 5) is 4.52. The number of fused-ring (bicyclic) bond motifs is 3. The topological polar surface area (TPSA) is 17.3 Å². The van der Waals surface area contributed by atoms with Gasteiger partial charge < -0.3 is 4.40 Å². The Morgan fingerprint density at radius 2 is 2.11 bits per heavy atom. The van der Waals surface area contributed by atoms with E-state index in [1.54, 1.807) is 0 Å². The second kappa shape index (κ2) is 4.25. The fourth-order valence-electron chi connectivity index (χ4n) is 2.94. The first-order valence-corrected chi connectivity index (χ1v) is 6.70. The predicted molar refractivity (Wildman–Crippen MR) is 79.7 cm³/mol. The van der Waals surface area contributed by atoms with Crippen molar-refractivity contribution in [1.82, 2.24) is 9.38 Å². The number of rotatable bonds is 0. The molecule has 1 aromatic carbocycles. The fraction of sp³-hybridized carbons (Fsp3) is 0.214. The summed E-state index contributed by atoms with van der Waals surface area (Å²) in [5, 5.41) is 1.37. The molecule has 0 atom stereocenters. The van der Waals surface area contributed by atoms with Crippen LogP contribution in [-0.2, 0) is 12.8 Å². The van der Waals surface area contributed by atoms with Crippen molar-refractivity contribution >= 4 is 44.8 Å². The summed E-state index contributed by atoms with van der Waals surface area (Å²) in [5.74, 6) is 0. The van der Waals surface area contributed by atoms with Crippen LogP contribution in [0.3, 0.4) is 0 Å². The van der Waals surface area contributed by atoms with E-state index in [0.717, 1.165) is 10.9 Å². The SMILES string of the molecule is Brc1ccc2c(c1)c1c3c(nccn32)CCC1.Cl. The van der Waals surface area contributed by atoms with Gasteiger partial charge in [0.2, 0.25) is 0 Å². The lowest BCUT2D eigenvalue weighted by molar-refractivity contribution is 0.780. The van der Waals surface area contributed by atoms with E-state index in [1.165, 1.54) is 40.5 Å². The molecule has 4 rings (SSSR count). The third-order valence-electron chi connectivity index (χ3n) is 3.63. The van der Waals surface area contributed by atoms with Crippen molar-refractivity contribution in [2.75, 3.05) is 0 Å². The highest BCUT2D eigenvalue weighted by atomic mass is 79.9. The van der Waals surface area contributed by atoms with E-state index in [4.69, 9.17) is 0 Å². The monoisotopic (exact) mass is 322 g/mol. The fourth-order valence-corrected chi connectivity index (χ4v) is 3.30. The highest BCUT2D eigenvalue weighted by Gasteiger charge is 2.19. The van der Waals surface area contributed by atoms with E-state index in [1.807, 2.05) is 6.20 Å². The van der Waals surface area contributed by atoms with E-state index in [2.05, 4.69) is 49.7 Å². The van der Waals surface area contributed by atoms with Crippen molar-refractivity contribution in [3.8, 4) is 0 Å². The number of benzene rings is 1. The van der Waals surface area contributed by atoms with Gasteiger partial charge in [-0.2, -0.15) is 0 Å². The van der Waals surface area contributed by atoms with Gasteiger partial charge in [0.25, 0.3) is 0 Å². The maximum Gasteiger partial charge on any atom is 0.0710 e. The average molecular weight is 324 g/mol. The van der Waals surface area contributed by atoms with Crippen molar-refractivity contribution in [3.63, 3.8) is 0 Å². The van der Waals surface area contributed by atoms with Crippen LogP contribution in [-0.4, -0.2) is 9.38 Å². The van der Waals surface area contributed by atoms with Gasteiger partial charge >= 0.3 is 0 Å². The Labute approximate surface area is 120 Å². The molecule has 0 radical (unpaired) electrons. The summed E-state index contributed by atoms with van der Waals surface area (Å²) < 4.78 is 3.44. The van der Waals surface area contributed by atoms with Crippen LogP contribution in [0, 0.1) is 0 Å². The lowest BCUT2D eigenvalue weighted by atomic mass is 9.98. The Bertz CT molecular complexity index is 748. The minimum atomic E-state index is 0. The van der Waals surface area contributed by atoms with Crippen LogP contribution in [0.5, 0.6) is 0 Å². The third kappa shape index (κ3) is 1.50. The Morgan fingerprint density at radius 3 is 3.00 bits per heavy atom. The van der Waals surface area contributed by atoms with Gasteiger partial charge in [0.15, 0.2) is 0 Å². The van der Waals surface area contributed by atoms with Crippen LogP contribution in [0.1, 0.15) is 17.7 Å². The van der Waals surface area contributed by atoms with E-state index in [-0.39, 0.29) is 12.4 Å². The molecule has 3 aromatic rings. The van der Waals surface area contributed by atoms with E-state index < -0.39 is 0 Å². The van der Waals surface area contributed by atoms with Crippen molar-refractivity contribution in [3.05, 3.63) is 46.3 Å². The Hall–Kier alpha value is -1.06. The molecule has 2 nitrogen and oxygen atoms in total. The first-order valence-electron chi connectivity index (χ1n) is 5.90. The number of hydrogen-bond donors (Lipinski definition) is 0. The molecule has 0 bridgehead atoms. The Kier molecular flexibility index (Phi) is 2.83. The lowest BCUT2D eigenvalue weighted by Crippen LogP contribution is -2.03. The molecule has 0 spiro atoms. The molecule has 0 N–H and O–H groups in total. The minimum absolute atomic E-state index is 0. The van der Waals surface area contributed by atoms with E-state index >= 15 is 0 Å². The van der Waals surface area contributed by atoms with Crippen LogP contribution in [0.2, 0.25) is 0 Å². The summed E-state index contributed by atoms with van der Waals surface area (Å²) >= 11 is 3.56. The number of aromatic nitrogens is 2. The molecule has 1 aliphatic rings. The van der Waals surface area contributed by atoms with Gasteiger partial charge in [-0.1, -0.05) is 15.9 Å². The number of hydrogen-bond acceptors (Lipinski definition) is 1.